The molecule has 6 nitrogen and oxygen atoms in total. The van der Waals surface area contributed by atoms with Crippen molar-refractivity contribution >= 4 is 34.4 Å². The predicted octanol–water partition coefficient (Wildman–Crippen LogP) is 4.91. The van der Waals surface area contributed by atoms with Crippen LogP contribution in [0, 0.1) is 6.92 Å². The molecule has 0 unspecified atom stereocenters. The van der Waals surface area contributed by atoms with Crippen molar-refractivity contribution in [2.75, 3.05) is 19.0 Å². The molecule has 27 heavy (non-hydrogen) atoms. The number of aryl methyl sites for hydroxylation is 1. The van der Waals surface area contributed by atoms with Gasteiger partial charge in [-0.05, 0) is 52.2 Å². The number of nitrogens with zero attached hydrogens (tertiary/aromatic N) is 2. The van der Waals surface area contributed by atoms with Gasteiger partial charge in [0.2, 0.25) is 0 Å². The summed E-state index contributed by atoms with van der Waals surface area (Å²) in [7, 11) is 1.63. The van der Waals surface area contributed by atoms with E-state index >= 15 is 0 Å². The molecule has 0 saturated heterocycles. The van der Waals surface area contributed by atoms with Crippen LogP contribution in [0.5, 0.6) is 5.75 Å². The van der Waals surface area contributed by atoms with Crippen molar-refractivity contribution < 1.29 is 14.3 Å². The summed E-state index contributed by atoms with van der Waals surface area (Å²) < 4.78 is 10.6. The Hall–Kier alpha value is -2.08. The maximum Gasteiger partial charge on any atom is 0.306 e. The minimum atomic E-state index is -0.425. The lowest BCUT2D eigenvalue weighted by atomic mass is 10.1. The van der Waals surface area contributed by atoms with E-state index in [1.54, 1.807) is 7.11 Å². The number of carbonyl (C=O) groups is 1. The fraction of sp³-hybridized carbons (Fsp3) is 0.550. The number of nitrogens with one attached hydrogen (secondary N) is 1. The van der Waals surface area contributed by atoms with Crippen LogP contribution in [0.15, 0.2) is 12.1 Å². The van der Waals surface area contributed by atoms with E-state index in [4.69, 9.17) is 21.1 Å². The van der Waals surface area contributed by atoms with Crippen molar-refractivity contribution in [2.24, 2.45) is 0 Å². The lowest BCUT2D eigenvalue weighted by Crippen LogP contribution is -2.23. The highest BCUT2D eigenvalue weighted by Gasteiger charge is 2.15. The number of benzene rings is 1. The van der Waals surface area contributed by atoms with Gasteiger partial charge in [0.05, 0.1) is 18.1 Å². The number of methoxy groups -OCH3 is 1. The van der Waals surface area contributed by atoms with Crippen molar-refractivity contribution in [3.05, 3.63) is 22.8 Å². The third-order valence-corrected chi connectivity index (χ3v) is 4.16. The number of rotatable bonds is 8. The zero-order valence-electron chi connectivity index (χ0n) is 16.7. The van der Waals surface area contributed by atoms with E-state index in [1.165, 1.54) is 0 Å². The van der Waals surface area contributed by atoms with Gasteiger partial charge in [0.25, 0.3) is 0 Å². The molecule has 0 aliphatic rings. The Labute approximate surface area is 165 Å². The minimum Gasteiger partial charge on any atom is -0.497 e. The molecule has 1 heterocycles. The molecule has 0 saturated carbocycles. The number of unbranched alkanes of at least 4 members (excludes halogenated alkanes) is 2. The molecule has 0 spiro atoms. The molecule has 0 radical (unpaired) electrons. The van der Waals surface area contributed by atoms with E-state index in [9.17, 15) is 4.79 Å². The first kappa shape index (κ1) is 21.2. The number of hydrogen-bond donors (Lipinski definition) is 1. The monoisotopic (exact) mass is 393 g/mol. The Bertz CT molecular complexity index is 803. The second-order valence-electron chi connectivity index (χ2n) is 7.50. The van der Waals surface area contributed by atoms with Gasteiger partial charge in [0.15, 0.2) is 11.0 Å². The van der Waals surface area contributed by atoms with E-state index in [2.05, 4.69) is 15.3 Å². The molecule has 0 atom stereocenters. The Kier molecular flexibility index (Phi) is 7.25. The number of halogens is 1. The van der Waals surface area contributed by atoms with Crippen molar-refractivity contribution in [3.63, 3.8) is 0 Å². The van der Waals surface area contributed by atoms with Crippen LogP contribution in [0.4, 0.5) is 5.82 Å². The van der Waals surface area contributed by atoms with Crippen LogP contribution in [0.2, 0.25) is 5.15 Å². The largest absolute Gasteiger partial charge is 0.497 e. The summed E-state index contributed by atoms with van der Waals surface area (Å²) in [6.07, 6.45) is 3.05. The summed E-state index contributed by atoms with van der Waals surface area (Å²) in [6, 6.07) is 3.75. The fourth-order valence-corrected chi connectivity index (χ4v) is 2.87. The van der Waals surface area contributed by atoms with Crippen LogP contribution in [0.25, 0.3) is 11.0 Å². The zero-order chi connectivity index (χ0) is 20.0. The molecule has 0 amide bonds. The molecule has 0 aliphatic carbocycles. The highest BCUT2D eigenvalue weighted by molar-refractivity contribution is 6.32. The number of carbonyl (C=O) groups excluding carboxylic acids is 1. The van der Waals surface area contributed by atoms with Gasteiger partial charge in [0.1, 0.15) is 11.4 Å². The molecule has 2 aromatic rings. The third-order valence-electron chi connectivity index (χ3n) is 3.90. The van der Waals surface area contributed by atoms with E-state index in [-0.39, 0.29) is 5.97 Å². The van der Waals surface area contributed by atoms with Crippen LogP contribution in [0.1, 0.15) is 52.0 Å². The lowest BCUT2D eigenvalue weighted by Gasteiger charge is -2.19. The van der Waals surface area contributed by atoms with Gasteiger partial charge in [-0.2, -0.15) is 0 Å². The molecule has 0 bridgehead atoms. The number of fused-ring (bicyclic) bond motifs is 1. The Balaban J connectivity index is 1.85. The molecule has 1 aromatic heterocycles. The molecule has 2 rings (SSSR count). The number of ether oxygens (including phenoxy) is 2. The highest BCUT2D eigenvalue weighted by Crippen LogP contribution is 2.27. The van der Waals surface area contributed by atoms with Gasteiger partial charge in [-0.25, -0.2) is 9.97 Å². The van der Waals surface area contributed by atoms with Gasteiger partial charge >= 0.3 is 5.97 Å². The topological polar surface area (TPSA) is 73.3 Å². The summed E-state index contributed by atoms with van der Waals surface area (Å²) in [4.78, 5) is 20.7. The summed E-state index contributed by atoms with van der Waals surface area (Å²) in [5.41, 5.74) is 2.05. The smallest absolute Gasteiger partial charge is 0.306 e. The van der Waals surface area contributed by atoms with Gasteiger partial charge < -0.3 is 14.8 Å². The first-order valence-corrected chi connectivity index (χ1v) is 9.55. The first-order valence-electron chi connectivity index (χ1n) is 9.17. The molecule has 148 valence electrons. The van der Waals surface area contributed by atoms with Crippen LogP contribution in [0.3, 0.4) is 0 Å². The minimum absolute atomic E-state index is 0.150. The average Bonchev–Trinajstić information content (AvgIpc) is 2.57. The second kappa shape index (κ2) is 9.22. The van der Waals surface area contributed by atoms with Gasteiger partial charge in [-0.1, -0.05) is 18.0 Å². The van der Waals surface area contributed by atoms with Gasteiger partial charge in [-0.15, -0.1) is 0 Å². The first-order chi connectivity index (χ1) is 12.7. The van der Waals surface area contributed by atoms with E-state index < -0.39 is 5.60 Å². The van der Waals surface area contributed by atoms with Crippen LogP contribution < -0.4 is 10.1 Å². The fourth-order valence-electron chi connectivity index (χ4n) is 2.68. The molecular weight excluding hydrogens is 366 g/mol. The van der Waals surface area contributed by atoms with Crippen LogP contribution in [-0.4, -0.2) is 35.2 Å². The van der Waals surface area contributed by atoms with Crippen LogP contribution >= 0.6 is 11.6 Å². The number of esters is 1. The van der Waals surface area contributed by atoms with Crippen molar-refractivity contribution in [1.29, 1.82) is 0 Å². The zero-order valence-corrected chi connectivity index (χ0v) is 17.4. The number of anilines is 1. The summed E-state index contributed by atoms with van der Waals surface area (Å²) in [6.45, 7) is 8.28. The van der Waals surface area contributed by atoms with Crippen molar-refractivity contribution in [1.82, 2.24) is 9.97 Å². The average molecular weight is 394 g/mol. The molecule has 7 heteroatoms. The van der Waals surface area contributed by atoms with Crippen LogP contribution in [-0.2, 0) is 9.53 Å². The quantitative estimate of drug-likeness (QED) is 0.507. The molecular formula is C20H28ClN3O3. The molecule has 1 aromatic carbocycles. The standard InChI is InChI=1S/C20H28ClN3O3/c1-13-11-14(26-5)12-15-17(13)24-18(21)19(23-15)22-10-8-6-7-9-16(25)27-20(2,3)4/h11-12H,6-10H2,1-5H3,(H,22,23). The van der Waals surface area contributed by atoms with Crippen molar-refractivity contribution in [3.8, 4) is 5.75 Å². The summed E-state index contributed by atoms with van der Waals surface area (Å²) in [5.74, 6) is 1.15. The lowest BCUT2D eigenvalue weighted by molar-refractivity contribution is -0.154. The Morgan fingerprint density at radius 1 is 1.19 bits per heavy atom. The van der Waals surface area contributed by atoms with Gasteiger partial charge in [-0.3, -0.25) is 4.79 Å². The number of hydrogen-bond acceptors (Lipinski definition) is 6. The van der Waals surface area contributed by atoms with E-state index in [0.29, 0.717) is 23.9 Å². The number of aromatic nitrogens is 2. The third kappa shape index (κ3) is 6.54. The van der Waals surface area contributed by atoms with Crippen molar-refractivity contribution in [2.45, 2.75) is 59.0 Å². The SMILES string of the molecule is COc1cc(C)c2nc(Cl)c(NCCCCCC(=O)OC(C)(C)C)nc2c1. The maximum atomic E-state index is 11.7. The second-order valence-corrected chi connectivity index (χ2v) is 7.86. The summed E-state index contributed by atoms with van der Waals surface area (Å²) in [5, 5.41) is 3.58. The maximum absolute atomic E-state index is 11.7. The Morgan fingerprint density at radius 3 is 2.59 bits per heavy atom. The summed E-state index contributed by atoms with van der Waals surface area (Å²) >= 11 is 6.26. The molecule has 0 fully saturated rings. The van der Waals surface area contributed by atoms with Gasteiger partial charge in [0, 0.05) is 19.0 Å². The highest BCUT2D eigenvalue weighted by atomic mass is 35.5. The Morgan fingerprint density at radius 2 is 1.93 bits per heavy atom. The predicted molar refractivity (Wildman–Crippen MR) is 109 cm³/mol. The molecule has 0 aliphatic heterocycles. The normalized spacial score (nSPS) is 11.5. The van der Waals surface area contributed by atoms with E-state index in [1.807, 2.05) is 39.8 Å². The molecule has 1 N–H and O–H groups in total. The van der Waals surface area contributed by atoms with E-state index in [0.717, 1.165) is 41.6 Å².